The second kappa shape index (κ2) is 5.48. The second-order valence-corrected chi connectivity index (χ2v) is 5.82. The maximum atomic E-state index is 12.6. The molecule has 22 heavy (non-hydrogen) atoms. The summed E-state index contributed by atoms with van der Waals surface area (Å²) in [7, 11) is 0. The van der Waals surface area contributed by atoms with Crippen molar-refractivity contribution < 1.29 is 22.7 Å². The van der Waals surface area contributed by atoms with Gasteiger partial charge in [0.1, 0.15) is 5.75 Å². The Hall–Kier alpha value is -1.72. The number of nitrogens with zero attached hydrogens (tertiary/aromatic N) is 1. The second-order valence-electron chi connectivity index (χ2n) is 5.82. The summed E-state index contributed by atoms with van der Waals surface area (Å²) in [5.74, 6) is -0.587. The van der Waals surface area contributed by atoms with Crippen LogP contribution in [-0.2, 0) is 17.6 Å². The molecule has 0 saturated heterocycles. The maximum Gasteiger partial charge on any atom is 0.471 e. The zero-order chi connectivity index (χ0) is 15.9. The third-order valence-electron chi connectivity index (χ3n) is 4.57. The van der Waals surface area contributed by atoms with E-state index in [0.717, 1.165) is 33.8 Å². The normalized spacial score (nSPS) is 20.9. The number of hydrogen-bond donors (Lipinski definition) is 0. The lowest BCUT2D eigenvalue weighted by molar-refractivity contribution is -0.185. The first-order valence-electron chi connectivity index (χ1n) is 7.55. The average molecular weight is 313 g/mol. The van der Waals surface area contributed by atoms with Crippen molar-refractivity contribution in [1.29, 1.82) is 0 Å². The molecule has 0 aliphatic carbocycles. The first-order chi connectivity index (χ1) is 10.4. The predicted molar refractivity (Wildman–Crippen MR) is 75.0 cm³/mol. The molecule has 0 spiro atoms. The number of halogens is 3. The Labute approximate surface area is 127 Å². The van der Waals surface area contributed by atoms with Gasteiger partial charge < -0.3 is 9.64 Å². The summed E-state index contributed by atoms with van der Waals surface area (Å²) in [6.07, 6.45) is -2.94. The smallest absolute Gasteiger partial charge is 0.471 e. The number of fused-ring (bicyclic) bond motifs is 3. The van der Waals surface area contributed by atoms with Crippen LogP contribution in [0.15, 0.2) is 12.1 Å². The zero-order valence-electron chi connectivity index (χ0n) is 12.4. The number of carbonyl (C=O) groups excluding carboxylic acids is 1. The molecule has 2 aliphatic heterocycles. The van der Waals surface area contributed by atoms with Gasteiger partial charge in [-0.3, -0.25) is 4.79 Å². The Morgan fingerprint density at radius 1 is 1.32 bits per heavy atom. The Balaban J connectivity index is 1.88. The number of carbonyl (C=O) groups is 1. The molecule has 6 heteroatoms. The fourth-order valence-corrected chi connectivity index (χ4v) is 3.38. The molecule has 3 rings (SSSR count). The average Bonchev–Trinajstić information content (AvgIpc) is 2.78. The molecule has 0 radical (unpaired) electrons. The Bertz CT molecular complexity index is 598. The fourth-order valence-electron chi connectivity index (χ4n) is 3.38. The lowest BCUT2D eigenvalue weighted by Crippen LogP contribution is -2.42. The van der Waals surface area contributed by atoms with Crippen molar-refractivity contribution in [2.45, 2.75) is 38.3 Å². The van der Waals surface area contributed by atoms with Crippen molar-refractivity contribution in [2.24, 2.45) is 0 Å². The quantitative estimate of drug-likeness (QED) is 0.797. The number of ether oxygens (including phenoxy) is 1. The van der Waals surface area contributed by atoms with E-state index >= 15 is 0 Å². The van der Waals surface area contributed by atoms with Gasteiger partial charge >= 0.3 is 12.1 Å². The predicted octanol–water partition coefficient (Wildman–Crippen LogP) is 3.06. The lowest BCUT2D eigenvalue weighted by atomic mass is 9.89. The summed E-state index contributed by atoms with van der Waals surface area (Å²) >= 11 is 0. The van der Waals surface area contributed by atoms with Crippen LogP contribution in [0.4, 0.5) is 13.2 Å². The summed E-state index contributed by atoms with van der Waals surface area (Å²) in [5.41, 5.74) is 3.26. The minimum Gasteiger partial charge on any atom is -0.493 e. The molecule has 0 fully saturated rings. The maximum absolute atomic E-state index is 12.6. The highest BCUT2D eigenvalue weighted by Crippen LogP contribution is 2.40. The van der Waals surface area contributed by atoms with E-state index in [-0.39, 0.29) is 13.1 Å². The summed E-state index contributed by atoms with van der Waals surface area (Å²) in [5, 5.41) is 0. The minimum absolute atomic E-state index is 0.109. The molecule has 1 aromatic carbocycles. The van der Waals surface area contributed by atoms with E-state index in [1.54, 1.807) is 0 Å². The summed E-state index contributed by atoms with van der Waals surface area (Å²) < 4.78 is 43.5. The van der Waals surface area contributed by atoms with Gasteiger partial charge in [-0.1, -0.05) is 13.0 Å². The molecular weight excluding hydrogens is 295 g/mol. The third kappa shape index (κ3) is 2.55. The topological polar surface area (TPSA) is 29.5 Å². The molecule has 1 amide bonds. The van der Waals surface area contributed by atoms with Gasteiger partial charge in [-0.2, -0.15) is 13.2 Å². The third-order valence-corrected chi connectivity index (χ3v) is 4.57. The van der Waals surface area contributed by atoms with Crippen molar-refractivity contribution in [3.05, 3.63) is 28.8 Å². The van der Waals surface area contributed by atoms with Gasteiger partial charge in [0.15, 0.2) is 0 Å². The fraction of sp³-hybridized carbons (Fsp3) is 0.562. The van der Waals surface area contributed by atoms with E-state index in [0.29, 0.717) is 25.4 Å². The van der Waals surface area contributed by atoms with Gasteiger partial charge in [-0.15, -0.1) is 0 Å². The van der Waals surface area contributed by atoms with Gasteiger partial charge in [-0.05, 0) is 36.5 Å². The van der Waals surface area contributed by atoms with E-state index in [4.69, 9.17) is 4.74 Å². The molecule has 0 saturated carbocycles. The summed E-state index contributed by atoms with van der Waals surface area (Å²) in [6, 6.07) is 3.83. The van der Waals surface area contributed by atoms with Crippen LogP contribution in [0.25, 0.3) is 0 Å². The van der Waals surface area contributed by atoms with Gasteiger partial charge in [-0.25, -0.2) is 0 Å². The first kappa shape index (κ1) is 15.2. The van der Waals surface area contributed by atoms with E-state index in [1.165, 1.54) is 0 Å². The highest BCUT2D eigenvalue weighted by atomic mass is 19.4. The molecule has 0 aromatic heterocycles. The molecule has 1 unspecified atom stereocenters. The molecule has 1 aromatic rings. The van der Waals surface area contributed by atoms with E-state index in [2.05, 4.69) is 6.92 Å². The highest BCUT2D eigenvalue weighted by molar-refractivity contribution is 5.82. The van der Waals surface area contributed by atoms with E-state index < -0.39 is 12.1 Å². The Kier molecular flexibility index (Phi) is 3.78. The number of rotatable bonds is 1. The van der Waals surface area contributed by atoms with Crippen LogP contribution < -0.4 is 4.74 Å². The minimum atomic E-state index is -4.80. The number of benzene rings is 1. The number of alkyl halides is 3. The zero-order valence-corrected chi connectivity index (χ0v) is 12.4. The van der Waals surface area contributed by atoms with Gasteiger partial charge in [0.2, 0.25) is 0 Å². The molecule has 3 nitrogen and oxygen atoms in total. The molecular formula is C16H18F3NO2. The summed E-state index contributed by atoms with van der Waals surface area (Å²) in [6.45, 7) is 2.94. The van der Waals surface area contributed by atoms with Crippen molar-refractivity contribution in [3.63, 3.8) is 0 Å². The largest absolute Gasteiger partial charge is 0.493 e. The van der Waals surface area contributed by atoms with Crippen LogP contribution in [0, 0.1) is 0 Å². The number of hydrogen-bond acceptors (Lipinski definition) is 2. The lowest BCUT2D eigenvalue weighted by Gasteiger charge is -2.21. The molecule has 2 heterocycles. The van der Waals surface area contributed by atoms with Crippen molar-refractivity contribution in [2.75, 3.05) is 19.7 Å². The molecule has 120 valence electrons. The first-order valence-corrected chi connectivity index (χ1v) is 7.55. The van der Waals surface area contributed by atoms with Gasteiger partial charge in [0.05, 0.1) is 6.61 Å². The van der Waals surface area contributed by atoms with Crippen LogP contribution in [0.3, 0.4) is 0 Å². The van der Waals surface area contributed by atoms with E-state index in [1.807, 2.05) is 12.1 Å². The molecule has 0 N–H and O–H groups in total. The van der Waals surface area contributed by atoms with Crippen molar-refractivity contribution >= 4 is 5.91 Å². The van der Waals surface area contributed by atoms with Crippen molar-refractivity contribution in [1.82, 2.24) is 4.90 Å². The Morgan fingerprint density at radius 2 is 2.05 bits per heavy atom. The van der Waals surface area contributed by atoms with Crippen LogP contribution in [-0.4, -0.2) is 36.7 Å². The molecule has 0 bridgehead atoms. The van der Waals surface area contributed by atoms with Crippen LogP contribution in [0.2, 0.25) is 0 Å². The highest BCUT2D eigenvalue weighted by Gasteiger charge is 2.43. The van der Waals surface area contributed by atoms with Crippen molar-refractivity contribution in [3.8, 4) is 5.75 Å². The van der Waals surface area contributed by atoms with Crippen LogP contribution in [0.5, 0.6) is 5.75 Å². The Morgan fingerprint density at radius 3 is 2.73 bits per heavy atom. The number of amides is 1. The molecule has 2 aliphatic rings. The van der Waals surface area contributed by atoms with Crippen LogP contribution >= 0.6 is 0 Å². The monoisotopic (exact) mass is 313 g/mol. The van der Waals surface area contributed by atoms with E-state index in [9.17, 15) is 18.0 Å². The van der Waals surface area contributed by atoms with Crippen LogP contribution in [0.1, 0.15) is 36.0 Å². The summed E-state index contributed by atoms with van der Waals surface area (Å²) in [4.78, 5) is 12.4. The van der Waals surface area contributed by atoms with Gasteiger partial charge in [0, 0.05) is 24.6 Å². The SMILES string of the molecule is CCC1COc2ccc3c(c21)CCN(C(=O)C(F)(F)F)CC3. The standard InChI is InChI=1S/C16H18F3NO2/c1-2-10-9-22-13-4-3-11-5-7-20(15(21)16(17,18)19)8-6-12(11)14(10)13/h3-4,10H,2,5-9H2,1H3. The van der Waals surface area contributed by atoms with Gasteiger partial charge in [0.25, 0.3) is 0 Å². The molecule has 1 atom stereocenters.